The summed E-state index contributed by atoms with van der Waals surface area (Å²) in [5.74, 6) is 0.929. The van der Waals surface area contributed by atoms with Gasteiger partial charge in [0.25, 0.3) is 0 Å². The highest BCUT2D eigenvalue weighted by atomic mass is 16.2. The number of nitrogens with zero attached hydrogens (tertiary/aromatic N) is 1. The Morgan fingerprint density at radius 2 is 1.88 bits per heavy atom. The van der Waals surface area contributed by atoms with Crippen LogP contribution in [-0.2, 0) is 17.6 Å². The largest absolute Gasteiger partial charge is 0.356 e. The molecule has 0 radical (unpaired) electrons. The molecule has 4 nitrogen and oxygen atoms in total. The van der Waals surface area contributed by atoms with Gasteiger partial charge in [-0.15, -0.1) is 0 Å². The van der Waals surface area contributed by atoms with Gasteiger partial charge < -0.3 is 10.2 Å². The summed E-state index contributed by atoms with van der Waals surface area (Å²) in [5.41, 5.74) is 3.45. The highest BCUT2D eigenvalue weighted by Gasteiger charge is 2.16. The van der Waals surface area contributed by atoms with Gasteiger partial charge in [-0.3, -0.25) is 9.59 Å². The number of ketones is 1. The van der Waals surface area contributed by atoms with Gasteiger partial charge in [0.15, 0.2) is 5.78 Å². The number of carbonyl (C=O) groups excluding carboxylic acids is 2. The van der Waals surface area contributed by atoms with E-state index >= 15 is 0 Å². The lowest BCUT2D eigenvalue weighted by molar-refractivity contribution is -0.121. The molecule has 1 aromatic carbocycles. The number of Topliss-reactive ketones (excluding diaryl/α,β-unsaturated/α-hetero) is 1. The van der Waals surface area contributed by atoms with Crippen molar-refractivity contribution in [3.63, 3.8) is 0 Å². The number of fused-ring (bicyclic) bond motifs is 1. The highest BCUT2D eigenvalue weighted by Crippen LogP contribution is 2.23. The number of hydrogen-bond donors (Lipinski definition) is 1. The quantitative estimate of drug-likeness (QED) is 0.574. The Hall–Kier alpha value is -1.68. The minimum absolute atomic E-state index is 0.00761. The van der Waals surface area contributed by atoms with Crippen LogP contribution in [0.25, 0.3) is 0 Å². The van der Waals surface area contributed by atoms with E-state index in [9.17, 15) is 9.59 Å². The molecule has 0 unspecified atom stereocenters. The third kappa shape index (κ3) is 5.41. The maximum Gasteiger partial charge on any atom is 0.220 e. The van der Waals surface area contributed by atoms with E-state index in [1.54, 1.807) is 0 Å². The third-order valence-electron chi connectivity index (χ3n) is 5.85. The van der Waals surface area contributed by atoms with Crippen LogP contribution in [0.4, 0.5) is 0 Å². The second-order valence-electron chi connectivity index (χ2n) is 7.99. The average Bonchev–Trinajstić information content (AvgIpc) is 3.12. The Bertz CT molecular complexity index is 633. The molecule has 0 bridgehead atoms. The van der Waals surface area contributed by atoms with E-state index < -0.39 is 0 Å². The zero-order valence-corrected chi connectivity index (χ0v) is 16.1. The van der Waals surface area contributed by atoms with Crippen molar-refractivity contribution in [1.29, 1.82) is 0 Å². The summed E-state index contributed by atoms with van der Waals surface area (Å²) < 4.78 is 0. The third-order valence-corrected chi connectivity index (χ3v) is 5.85. The molecule has 1 aliphatic heterocycles. The van der Waals surface area contributed by atoms with E-state index in [4.69, 9.17) is 0 Å². The molecule has 1 heterocycles. The predicted octanol–water partition coefficient (Wildman–Crippen LogP) is 3.38. The van der Waals surface area contributed by atoms with E-state index in [1.165, 1.54) is 43.5 Å². The van der Waals surface area contributed by atoms with Crippen LogP contribution in [0.5, 0.6) is 0 Å². The first-order valence-electron chi connectivity index (χ1n) is 10.3. The average molecular weight is 357 g/mol. The first-order chi connectivity index (χ1) is 12.6. The van der Waals surface area contributed by atoms with Gasteiger partial charge >= 0.3 is 0 Å². The number of aryl methyl sites for hydroxylation is 2. The molecular formula is C22H32N2O2. The number of carbonyl (C=O) groups is 2. The molecule has 0 aromatic heterocycles. The lowest BCUT2D eigenvalue weighted by Crippen LogP contribution is -2.35. The zero-order valence-electron chi connectivity index (χ0n) is 16.1. The van der Waals surface area contributed by atoms with E-state index in [2.05, 4.69) is 23.2 Å². The van der Waals surface area contributed by atoms with Gasteiger partial charge in [0.1, 0.15) is 0 Å². The number of piperidine rings is 1. The molecule has 1 aliphatic carbocycles. The molecule has 1 aromatic rings. The summed E-state index contributed by atoms with van der Waals surface area (Å²) in [6, 6.07) is 6.03. The van der Waals surface area contributed by atoms with Crippen molar-refractivity contribution in [2.24, 2.45) is 5.92 Å². The fraction of sp³-hybridized carbons (Fsp3) is 0.636. The number of amides is 1. The van der Waals surface area contributed by atoms with Gasteiger partial charge in [-0.1, -0.05) is 19.1 Å². The van der Waals surface area contributed by atoms with E-state index in [0.29, 0.717) is 13.0 Å². The molecule has 0 atom stereocenters. The lowest BCUT2D eigenvalue weighted by Gasteiger charge is -2.30. The van der Waals surface area contributed by atoms with Gasteiger partial charge in [-0.2, -0.15) is 0 Å². The predicted molar refractivity (Wildman–Crippen MR) is 104 cm³/mol. The molecule has 0 saturated carbocycles. The van der Waals surface area contributed by atoms with E-state index in [0.717, 1.165) is 37.3 Å². The molecule has 3 rings (SSSR count). The first-order valence-corrected chi connectivity index (χ1v) is 10.3. The topological polar surface area (TPSA) is 49.4 Å². The Balaban J connectivity index is 1.30. The standard InChI is InChI=1S/C22H32N2O2/c1-17-10-14-24(15-11-17)13-3-12-23-22(26)9-8-21(25)20-7-6-18-4-2-5-19(18)16-20/h6-7,16-17H,2-5,8-15H2,1H3,(H,23,26). The van der Waals surface area contributed by atoms with Crippen LogP contribution in [0.2, 0.25) is 0 Å². The fourth-order valence-electron chi connectivity index (χ4n) is 4.02. The van der Waals surface area contributed by atoms with Crippen molar-refractivity contribution >= 4 is 11.7 Å². The van der Waals surface area contributed by atoms with Crippen molar-refractivity contribution in [1.82, 2.24) is 10.2 Å². The van der Waals surface area contributed by atoms with Crippen molar-refractivity contribution in [2.75, 3.05) is 26.2 Å². The highest BCUT2D eigenvalue weighted by molar-refractivity contribution is 5.98. The number of rotatable bonds is 8. The van der Waals surface area contributed by atoms with Crippen molar-refractivity contribution in [3.05, 3.63) is 34.9 Å². The van der Waals surface area contributed by atoms with Gasteiger partial charge in [-0.05, 0) is 81.3 Å². The van der Waals surface area contributed by atoms with Crippen molar-refractivity contribution in [3.8, 4) is 0 Å². The lowest BCUT2D eigenvalue weighted by atomic mass is 9.99. The zero-order chi connectivity index (χ0) is 18.4. The monoisotopic (exact) mass is 356 g/mol. The molecule has 0 spiro atoms. The molecule has 1 amide bonds. The minimum atomic E-state index is -0.00761. The second-order valence-corrected chi connectivity index (χ2v) is 7.99. The summed E-state index contributed by atoms with van der Waals surface area (Å²) >= 11 is 0. The van der Waals surface area contributed by atoms with Gasteiger partial charge in [0, 0.05) is 24.9 Å². The van der Waals surface area contributed by atoms with E-state index in [1.807, 2.05) is 12.1 Å². The van der Waals surface area contributed by atoms with E-state index in [-0.39, 0.29) is 18.1 Å². The molecule has 142 valence electrons. The minimum Gasteiger partial charge on any atom is -0.356 e. The molecule has 4 heteroatoms. The van der Waals surface area contributed by atoms with Crippen LogP contribution >= 0.6 is 0 Å². The number of nitrogens with one attached hydrogen (secondary N) is 1. The van der Waals surface area contributed by atoms with Crippen LogP contribution in [-0.4, -0.2) is 42.8 Å². The number of likely N-dealkylation sites (tertiary alicyclic amines) is 1. The maximum absolute atomic E-state index is 12.3. The number of benzene rings is 1. The van der Waals surface area contributed by atoms with Crippen LogP contribution in [0.1, 0.15) is 66.9 Å². The summed E-state index contributed by atoms with van der Waals surface area (Å²) in [6.45, 7) is 6.45. The van der Waals surface area contributed by atoms with Crippen molar-refractivity contribution < 1.29 is 9.59 Å². The molecular weight excluding hydrogens is 324 g/mol. The molecule has 1 saturated heterocycles. The normalized spacial score (nSPS) is 17.9. The Morgan fingerprint density at radius 1 is 1.12 bits per heavy atom. The fourth-order valence-corrected chi connectivity index (χ4v) is 4.02. The summed E-state index contributed by atoms with van der Waals surface area (Å²) in [4.78, 5) is 26.8. The summed E-state index contributed by atoms with van der Waals surface area (Å²) in [7, 11) is 0. The van der Waals surface area contributed by atoms with Gasteiger partial charge in [0.05, 0.1) is 0 Å². The van der Waals surface area contributed by atoms with Crippen molar-refractivity contribution in [2.45, 2.75) is 58.3 Å². The van der Waals surface area contributed by atoms with Crippen LogP contribution < -0.4 is 5.32 Å². The Morgan fingerprint density at radius 3 is 2.69 bits per heavy atom. The maximum atomic E-state index is 12.3. The van der Waals surface area contributed by atoms with Gasteiger partial charge in [-0.25, -0.2) is 0 Å². The number of hydrogen-bond acceptors (Lipinski definition) is 3. The first kappa shape index (κ1) is 19.1. The van der Waals surface area contributed by atoms with Crippen LogP contribution in [0.15, 0.2) is 18.2 Å². The van der Waals surface area contributed by atoms with Crippen LogP contribution in [0, 0.1) is 5.92 Å². The smallest absolute Gasteiger partial charge is 0.220 e. The van der Waals surface area contributed by atoms with Gasteiger partial charge in [0.2, 0.25) is 5.91 Å². The summed E-state index contributed by atoms with van der Waals surface area (Å²) in [6.07, 6.45) is 7.54. The SMILES string of the molecule is CC1CCN(CCCNC(=O)CCC(=O)c2ccc3c(c2)CCC3)CC1. The molecule has 26 heavy (non-hydrogen) atoms. The second kappa shape index (κ2) is 9.31. The summed E-state index contributed by atoms with van der Waals surface area (Å²) in [5, 5.41) is 2.96. The molecule has 1 N–H and O–H groups in total. The molecule has 2 aliphatic rings. The molecule has 1 fully saturated rings. The van der Waals surface area contributed by atoms with Crippen LogP contribution in [0.3, 0.4) is 0 Å². The Labute approximate surface area is 157 Å². The Kier molecular flexibility index (Phi) is 6.84.